The molecule has 0 bridgehead atoms. The Morgan fingerprint density at radius 1 is 1.00 bits per heavy atom. The minimum absolute atomic E-state index is 0.0187. The Morgan fingerprint density at radius 2 is 1.67 bits per heavy atom. The summed E-state index contributed by atoms with van der Waals surface area (Å²) in [6, 6.07) is 17.9. The zero-order chi connectivity index (χ0) is 19.1. The quantitative estimate of drug-likeness (QED) is 0.789. The van der Waals surface area contributed by atoms with Crippen LogP contribution in [0.3, 0.4) is 0 Å². The Labute approximate surface area is 161 Å². The third-order valence-electron chi connectivity index (χ3n) is 5.69. The highest BCUT2D eigenvalue weighted by Gasteiger charge is 2.35. The zero-order valence-corrected chi connectivity index (χ0v) is 16.2. The molecule has 1 amide bonds. The maximum atomic E-state index is 12.8. The van der Waals surface area contributed by atoms with Crippen LogP contribution in [0.5, 0.6) is 5.75 Å². The van der Waals surface area contributed by atoms with Crippen LogP contribution in [-0.2, 0) is 14.9 Å². The average Bonchev–Trinajstić information content (AvgIpc) is 2.74. The number of amides is 1. The van der Waals surface area contributed by atoms with Crippen molar-refractivity contribution in [3.05, 3.63) is 65.7 Å². The summed E-state index contributed by atoms with van der Waals surface area (Å²) in [5.41, 5.74) is 2.13. The summed E-state index contributed by atoms with van der Waals surface area (Å²) in [6.07, 6.45) is 5.23. The second-order valence-corrected chi connectivity index (χ2v) is 7.31. The van der Waals surface area contributed by atoms with Gasteiger partial charge in [0.1, 0.15) is 5.75 Å². The summed E-state index contributed by atoms with van der Waals surface area (Å²) in [7, 11) is 3.26. The number of hydrogen-bond acceptors (Lipinski definition) is 3. The van der Waals surface area contributed by atoms with Crippen LogP contribution in [0.15, 0.2) is 54.6 Å². The molecule has 0 radical (unpaired) electrons. The number of hydrogen-bond donors (Lipinski definition) is 1. The number of rotatable bonds is 7. The van der Waals surface area contributed by atoms with Gasteiger partial charge in [-0.05, 0) is 36.1 Å². The SMILES string of the molecule is COc1ccc(C2(CNC(=O)C(OC)c3ccccc3)CCCCC2)cc1. The molecular weight excluding hydrogens is 338 g/mol. The van der Waals surface area contributed by atoms with Gasteiger partial charge in [-0.15, -0.1) is 0 Å². The lowest BCUT2D eigenvalue weighted by Crippen LogP contribution is -2.43. The van der Waals surface area contributed by atoms with Crippen LogP contribution in [0.4, 0.5) is 0 Å². The average molecular weight is 367 g/mol. The summed E-state index contributed by atoms with van der Waals surface area (Å²) in [5.74, 6) is 0.777. The van der Waals surface area contributed by atoms with Crippen LogP contribution in [-0.4, -0.2) is 26.7 Å². The third-order valence-corrected chi connectivity index (χ3v) is 5.69. The fraction of sp³-hybridized carbons (Fsp3) is 0.435. The van der Waals surface area contributed by atoms with E-state index in [2.05, 4.69) is 17.4 Å². The van der Waals surface area contributed by atoms with Crippen molar-refractivity contribution in [1.29, 1.82) is 0 Å². The molecule has 1 atom stereocenters. The molecule has 0 spiro atoms. The molecule has 1 fully saturated rings. The summed E-state index contributed by atoms with van der Waals surface area (Å²) in [5, 5.41) is 3.17. The molecule has 1 aliphatic rings. The van der Waals surface area contributed by atoms with E-state index in [9.17, 15) is 4.79 Å². The van der Waals surface area contributed by atoms with Crippen molar-refractivity contribution in [2.24, 2.45) is 0 Å². The van der Waals surface area contributed by atoms with Gasteiger partial charge in [0.2, 0.25) is 0 Å². The smallest absolute Gasteiger partial charge is 0.253 e. The fourth-order valence-corrected chi connectivity index (χ4v) is 4.11. The molecular formula is C23H29NO3. The molecule has 3 rings (SSSR count). The Morgan fingerprint density at radius 3 is 2.26 bits per heavy atom. The van der Waals surface area contributed by atoms with Crippen LogP contribution in [0.1, 0.15) is 49.3 Å². The molecule has 2 aromatic rings. The zero-order valence-electron chi connectivity index (χ0n) is 16.2. The molecule has 1 aliphatic carbocycles. The van der Waals surface area contributed by atoms with Gasteiger partial charge in [-0.25, -0.2) is 0 Å². The molecule has 1 saturated carbocycles. The van der Waals surface area contributed by atoms with Gasteiger partial charge in [0.25, 0.3) is 5.91 Å². The van der Waals surface area contributed by atoms with Gasteiger partial charge in [-0.3, -0.25) is 4.79 Å². The number of carbonyl (C=O) groups is 1. The van der Waals surface area contributed by atoms with Gasteiger partial charge in [-0.1, -0.05) is 61.7 Å². The normalized spacial score (nSPS) is 17.1. The molecule has 0 saturated heterocycles. The second kappa shape index (κ2) is 9.05. The summed E-state index contributed by atoms with van der Waals surface area (Å²) in [6.45, 7) is 0.630. The van der Waals surface area contributed by atoms with Gasteiger partial charge >= 0.3 is 0 Å². The third kappa shape index (κ3) is 4.51. The van der Waals surface area contributed by atoms with Crippen molar-refractivity contribution in [2.45, 2.75) is 43.6 Å². The minimum atomic E-state index is -0.581. The predicted octanol–water partition coefficient (Wildman–Crippen LogP) is 4.40. The van der Waals surface area contributed by atoms with Gasteiger partial charge in [0, 0.05) is 19.1 Å². The highest BCUT2D eigenvalue weighted by atomic mass is 16.5. The molecule has 144 valence electrons. The first-order valence-corrected chi connectivity index (χ1v) is 9.68. The van der Waals surface area contributed by atoms with Crippen molar-refractivity contribution >= 4 is 5.91 Å². The van der Waals surface area contributed by atoms with Crippen molar-refractivity contribution in [3.8, 4) is 5.75 Å². The van der Waals surface area contributed by atoms with Crippen LogP contribution < -0.4 is 10.1 Å². The van der Waals surface area contributed by atoms with Crippen LogP contribution in [0.25, 0.3) is 0 Å². The van der Waals surface area contributed by atoms with E-state index >= 15 is 0 Å². The molecule has 0 aromatic heterocycles. The van der Waals surface area contributed by atoms with E-state index in [-0.39, 0.29) is 11.3 Å². The lowest BCUT2D eigenvalue weighted by atomic mass is 9.69. The lowest BCUT2D eigenvalue weighted by molar-refractivity contribution is -0.131. The molecule has 0 aliphatic heterocycles. The van der Waals surface area contributed by atoms with Gasteiger partial charge < -0.3 is 14.8 Å². The molecule has 0 heterocycles. The molecule has 4 heteroatoms. The Hall–Kier alpha value is -2.33. The van der Waals surface area contributed by atoms with E-state index in [1.165, 1.54) is 24.8 Å². The number of benzene rings is 2. The highest BCUT2D eigenvalue weighted by molar-refractivity contribution is 5.82. The van der Waals surface area contributed by atoms with Crippen LogP contribution >= 0.6 is 0 Å². The van der Waals surface area contributed by atoms with E-state index < -0.39 is 6.10 Å². The molecule has 1 N–H and O–H groups in total. The molecule has 2 aromatic carbocycles. The number of ether oxygens (including phenoxy) is 2. The first-order chi connectivity index (χ1) is 13.2. The first kappa shape index (κ1) is 19.4. The topological polar surface area (TPSA) is 47.6 Å². The Kier molecular flexibility index (Phi) is 6.51. The second-order valence-electron chi connectivity index (χ2n) is 7.31. The summed E-state index contributed by atoms with van der Waals surface area (Å²) in [4.78, 5) is 12.8. The van der Waals surface area contributed by atoms with Crippen LogP contribution in [0.2, 0.25) is 0 Å². The van der Waals surface area contributed by atoms with E-state index in [0.29, 0.717) is 6.54 Å². The largest absolute Gasteiger partial charge is 0.497 e. The summed E-state index contributed by atoms with van der Waals surface area (Å²) < 4.78 is 10.8. The van der Waals surface area contributed by atoms with Crippen molar-refractivity contribution in [2.75, 3.05) is 20.8 Å². The van der Waals surface area contributed by atoms with Crippen molar-refractivity contribution < 1.29 is 14.3 Å². The van der Waals surface area contributed by atoms with E-state index in [1.807, 2.05) is 42.5 Å². The van der Waals surface area contributed by atoms with E-state index in [4.69, 9.17) is 9.47 Å². The standard InChI is InChI=1S/C23H29NO3/c1-26-20-13-11-19(12-14-20)23(15-7-4-8-16-23)17-24-22(25)21(27-2)18-9-5-3-6-10-18/h3,5-6,9-14,21H,4,7-8,15-17H2,1-2H3,(H,24,25). The summed E-state index contributed by atoms with van der Waals surface area (Å²) >= 11 is 0. The van der Waals surface area contributed by atoms with E-state index in [0.717, 1.165) is 24.2 Å². The lowest BCUT2D eigenvalue weighted by Gasteiger charge is -2.38. The Bertz CT molecular complexity index is 721. The van der Waals surface area contributed by atoms with Crippen LogP contribution in [0, 0.1) is 0 Å². The minimum Gasteiger partial charge on any atom is -0.497 e. The van der Waals surface area contributed by atoms with Crippen molar-refractivity contribution in [3.63, 3.8) is 0 Å². The van der Waals surface area contributed by atoms with Gasteiger partial charge in [0.05, 0.1) is 7.11 Å². The maximum Gasteiger partial charge on any atom is 0.253 e. The monoisotopic (exact) mass is 367 g/mol. The number of carbonyl (C=O) groups excluding carboxylic acids is 1. The highest BCUT2D eigenvalue weighted by Crippen LogP contribution is 2.39. The maximum absolute atomic E-state index is 12.8. The number of methoxy groups -OCH3 is 2. The fourth-order valence-electron chi connectivity index (χ4n) is 4.11. The van der Waals surface area contributed by atoms with Crippen molar-refractivity contribution in [1.82, 2.24) is 5.32 Å². The van der Waals surface area contributed by atoms with Gasteiger partial charge in [0.15, 0.2) is 6.10 Å². The first-order valence-electron chi connectivity index (χ1n) is 9.68. The predicted molar refractivity (Wildman–Crippen MR) is 107 cm³/mol. The van der Waals surface area contributed by atoms with E-state index in [1.54, 1.807) is 14.2 Å². The molecule has 4 nitrogen and oxygen atoms in total. The molecule has 27 heavy (non-hydrogen) atoms. The molecule has 1 unspecified atom stereocenters. The Balaban J connectivity index is 1.75. The number of nitrogens with one attached hydrogen (secondary N) is 1. The van der Waals surface area contributed by atoms with Gasteiger partial charge in [-0.2, -0.15) is 0 Å².